The molecule has 0 aliphatic carbocycles. The SMILES string of the molecule is OC(c1ccc(OC(F)F)cc1)C1CCCN1. The zero-order valence-corrected chi connectivity index (χ0v) is 9.27. The lowest BCUT2D eigenvalue weighted by atomic mass is 10.0. The highest BCUT2D eigenvalue weighted by Crippen LogP contribution is 2.25. The first kappa shape index (κ1) is 12.3. The summed E-state index contributed by atoms with van der Waals surface area (Å²) in [4.78, 5) is 0. The van der Waals surface area contributed by atoms with Gasteiger partial charge in [-0.25, -0.2) is 0 Å². The number of ether oxygens (including phenoxy) is 1. The van der Waals surface area contributed by atoms with Crippen LogP contribution in [0.3, 0.4) is 0 Å². The smallest absolute Gasteiger partial charge is 0.387 e. The number of rotatable bonds is 4. The Bertz CT molecular complexity index is 350. The fraction of sp³-hybridized carbons (Fsp3) is 0.500. The highest BCUT2D eigenvalue weighted by Gasteiger charge is 2.23. The van der Waals surface area contributed by atoms with E-state index in [-0.39, 0.29) is 11.8 Å². The van der Waals surface area contributed by atoms with Gasteiger partial charge in [-0.3, -0.25) is 0 Å². The van der Waals surface area contributed by atoms with Crippen LogP contribution in [0.25, 0.3) is 0 Å². The molecule has 0 aromatic heterocycles. The topological polar surface area (TPSA) is 41.5 Å². The number of hydrogen-bond donors (Lipinski definition) is 2. The Labute approximate surface area is 98.4 Å². The number of aliphatic hydroxyl groups is 1. The first-order chi connectivity index (χ1) is 8.16. The molecule has 2 N–H and O–H groups in total. The van der Waals surface area contributed by atoms with E-state index >= 15 is 0 Å². The summed E-state index contributed by atoms with van der Waals surface area (Å²) in [5, 5.41) is 13.2. The average molecular weight is 243 g/mol. The molecule has 1 aromatic rings. The van der Waals surface area contributed by atoms with Crippen LogP contribution in [0.15, 0.2) is 24.3 Å². The quantitative estimate of drug-likeness (QED) is 0.850. The van der Waals surface area contributed by atoms with Crippen LogP contribution in [0.2, 0.25) is 0 Å². The molecule has 1 fully saturated rings. The van der Waals surface area contributed by atoms with Crippen molar-refractivity contribution in [1.82, 2.24) is 5.32 Å². The minimum atomic E-state index is -2.82. The normalized spacial score (nSPS) is 21.8. The molecule has 2 unspecified atom stereocenters. The van der Waals surface area contributed by atoms with Crippen LogP contribution in [-0.2, 0) is 0 Å². The van der Waals surface area contributed by atoms with Crippen molar-refractivity contribution in [2.45, 2.75) is 31.6 Å². The molecule has 94 valence electrons. The second kappa shape index (κ2) is 5.42. The Morgan fingerprint density at radius 3 is 2.53 bits per heavy atom. The molecule has 0 bridgehead atoms. The van der Waals surface area contributed by atoms with Crippen LogP contribution in [0.5, 0.6) is 5.75 Å². The van der Waals surface area contributed by atoms with Gasteiger partial charge in [0.05, 0.1) is 6.10 Å². The Morgan fingerprint density at radius 2 is 2.00 bits per heavy atom. The number of halogens is 2. The van der Waals surface area contributed by atoms with Gasteiger partial charge >= 0.3 is 6.61 Å². The standard InChI is InChI=1S/C12H15F2NO2/c13-12(14)17-9-5-3-8(4-6-9)11(16)10-2-1-7-15-10/h3-6,10-12,15-16H,1-2,7H2. The van der Waals surface area contributed by atoms with E-state index in [2.05, 4.69) is 10.1 Å². The van der Waals surface area contributed by atoms with Gasteiger partial charge in [0.1, 0.15) is 5.75 Å². The van der Waals surface area contributed by atoms with E-state index in [1.54, 1.807) is 12.1 Å². The molecule has 17 heavy (non-hydrogen) atoms. The summed E-state index contributed by atoms with van der Waals surface area (Å²) < 4.78 is 28.1. The van der Waals surface area contributed by atoms with Crippen LogP contribution < -0.4 is 10.1 Å². The molecule has 0 saturated carbocycles. The molecule has 2 rings (SSSR count). The molecule has 1 aliphatic heterocycles. The van der Waals surface area contributed by atoms with Gasteiger partial charge in [-0.1, -0.05) is 12.1 Å². The first-order valence-corrected chi connectivity index (χ1v) is 5.63. The van der Waals surface area contributed by atoms with Crippen LogP contribution in [0.1, 0.15) is 24.5 Å². The van der Waals surface area contributed by atoms with E-state index in [0.717, 1.165) is 19.4 Å². The summed E-state index contributed by atoms with van der Waals surface area (Å²) >= 11 is 0. The number of aliphatic hydroxyl groups excluding tert-OH is 1. The highest BCUT2D eigenvalue weighted by atomic mass is 19.3. The average Bonchev–Trinajstić information content (AvgIpc) is 2.82. The number of alkyl halides is 2. The lowest BCUT2D eigenvalue weighted by Crippen LogP contribution is -2.28. The minimum Gasteiger partial charge on any atom is -0.435 e. The lowest BCUT2D eigenvalue weighted by molar-refractivity contribution is -0.0498. The van der Waals surface area contributed by atoms with Crippen molar-refractivity contribution in [2.24, 2.45) is 0 Å². The highest BCUT2D eigenvalue weighted by molar-refractivity contribution is 5.29. The third kappa shape index (κ3) is 3.14. The van der Waals surface area contributed by atoms with Crippen molar-refractivity contribution in [2.75, 3.05) is 6.54 Å². The summed E-state index contributed by atoms with van der Waals surface area (Å²) in [5.74, 6) is 0.107. The van der Waals surface area contributed by atoms with E-state index < -0.39 is 12.7 Å². The lowest BCUT2D eigenvalue weighted by Gasteiger charge is -2.18. The van der Waals surface area contributed by atoms with Gasteiger partial charge in [-0.15, -0.1) is 0 Å². The molecule has 0 amide bonds. The fourth-order valence-corrected chi connectivity index (χ4v) is 2.06. The van der Waals surface area contributed by atoms with Gasteiger partial charge < -0.3 is 15.2 Å². The molecule has 0 radical (unpaired) electrons. The third-order valence-corrected chi connectivity index (χ3v) is 2.93. The molecule has 2 atom stereocenters. The van der Waals surface area contributed by atoms with Crippen LogP contribution in [-0.4, -0.2) is 24.3 Å². The Balaban J connectivity index is 2.01. The molecule has 1 aliphatic rings. The molecule has 1 saturated heterocycles. The maximum Gasteiger partial charge on any atom is 0.387 e. The Hall–Kier alpha value is -1.20. The van der Waals surface area contributed by atoms with E-state index in [9.17, 15) is 13.9 Å². The van der Waals surface area contributed by atoms with Crippen molar-refractivity contribution in [1.29, 1.82) is 0 Å². The Morgan fingerprint density at radius 1 is 1.29 bits per heavy atom. The van der Waals surface area contributed by atoms with Gasteiger partial charge in [0.15, 0.2) is 0 Å². The molecule has 1 heterocycles. The van der Waals surface area contributed by atoms with Crippen molar-refractivity contribution < 1.29 is 18.6 Å². The zero-order chi connectivity index (χ0) is 12.3. The van der Waals surface area contributed by atoms with Gasteiger partial charge in [0.25, 0.3) is 0 Å². The van der Waals surface area contributed by atoms with Crippen LogP contribution in [0, 0.1) is 0 Å². The van der Waals surface area contributed by atoms with Gasteiger partial charge in [-0.2, -0.15) is 8.78 Å². The van der Waals surface area contributed by atoms with Gasteiger partial charge in [0.2, 0.25) is 0 Å². The second-order valence-electron chi connectivity index (χ2n) is 4.10. The predicted molar refractivity (Wildman–Crippen MR) is 59.1 cm³/mol. The molecule has 5 heteroatoms. The second-order valence-corrected chi connectivity index (χ2v) is 4.10. The van der Waals surface area contributed by atoms with Crippen molar-refractivity contribution >= 4 is 0 Å². The maximum atomic E-state index is 11.9. The van der Waals surface area contributed by atoms with Gasteiger partial charge in [0, 0.05) is 6.04 Å². The monoisotopic (exact) mass is 243 g/mol. The first-order valence-electron chi connectivity index (χ1n) is 5.63. The molecular weight excluding hydrogens is 228 g/mol. The summed E-state index contributed by atoms with van der Waals surface area (Å²) in [6.45, 7) is -1.91. The van der Waals surface area contributed by atoms with Crippen molar-refractivity contribution in [3.63, 3.8) is 0 Å². The molecule has 0 spiro atoms. The van der Waals surface area contributed by atoms with E-state index in [0.29, 0.717) is 5.56 Å². The zero-order valence-electron chi connectivity index (χ0n) is 9.27. The third-order valence-electron chi connectivity index (χ3n) is 2.93. The summed E-state index contributed by atoms with van der Waals surface area (Å²) in [7, 11) is 0. The summed E-state index contributed by atoms with van der Waals surface area (Å²) in [5.41, 5.74) is 0.714. The summed E-state index contributed by atoms with van der Waals surface area (Å²) in [6.07, 6.45) is 1.38. The number of nitrogens with one attached hydrogen (secondary N) is 1. The number of hydrogen-bond acceptors (Lipinski definition) is 3. The summed E-state index contributed by atoms with van der Waals surface area (Å²) in [6, 6.07) is 6.17. The molecular formula is C12H15F2NO2. The van der Waals surface area contributed by atoms with Crippen molar-refractivity contribution in [3.05, 3.63) is 29.8 Å². The Kier molecular flexibility index (Phi) is 3.91. The van der Waals surface area contributed by atoms with Crippen LogP contribution in [0.4, 0.5) is 8.78 Å². The molecule has 1 aromatic carbocycles. The fourth-order valence-electron chi connectivity index (χ4n) is 2.06. The van der Waals surface area contributed by atoms with E-state index in [4.69, 9.17) is 0 Å². The van der Waals surface area contributed by atoms with E-state index in [1.165, 1.54) is 12.1 Å². The van der Waals surface area contributed by atoms with E-state index in [1.807, 2.05) is 0 Å². The number of benzene rings is 1. The largest absolute Gasteiger partial charge is 0.435 e. The van der Waals surface area contributed by atoms with Crippen molar-refractivity contribution in [3.8, 4) is 5.75 Å². The van der Waals surface area contributed by atoms with Gasteiger partial charge in [-0.05, 0) is 37.1 Å². The maximum absolute atomic E-state index is 11.9. The minimum absolute atomic E-state index is 0.0527. The molecule has 3 nitrogen and oxygen atoms in total. The predicted octanol–water partition coefficient (Wildman–Crippen LogP) is 2.07. The van der Waals surface area contributed by atoms with Crippen LogP contribution >= 0.6 is 0 Å².